The van der Waals surface area contributed by atoms with Gasteiger partial charge in [-0.1, -0.05) is 12.1 Å². The molecule has 5 nitrogen and oxygen atoms in total. The minimum atomic E-state index is -3.53. The second kappa shape index (κ2) is 5.59. The molecule has 0 unspecified atom stereocenters. The lowest BCUT2D eigenvalue weighted by atomic mass is 10.1. The first-order valence-corrected chi connectivity index (χ1v) is 6.34. The Morgan fingerprint density at radius 1 is 1.19 bits per heavy atom. The molecular weight excluding hydrogens is 284 g/mol. The van der Waals surface area contributed by atoms with E-state index in [0.29, 0.717) is 4.90 Å². The summed E-state index contributed by atoms with van der Waals surface area (Å²) in [6.45, 7) is 0.348. The molecule has 2 amide bonds. The monoisotopic (exact) mass is 297 g/mol. The van der Waals surface area contributed by atoms with Crippen LogP contribution in [0, 0.1) is 0 Å². The number of fused-ring (bicyclic) bond motifs is 1. The second-order valence-corrected chi connectivity index (χ2v) is 4.58. The van der Waals surface area contributed by atoms with Crippen molar-refractivity contribution in [2.45, 2.75) is 19.3 Å². The number of rotatable bonds is 5. The summed E-state index contributed by atoms with van der Waals surface area (Å²) in [5, 5.41) is 0. The maximum atomic E-state index is 13.8. The van der Waals surface area contributed by atoms with Gasteiger partial charge in [0, 0.05) is 0 Å². The SMILES string of the molecule is CCOC(=O)CC(F)(F)CN1C(=O)c2ccccc2C1=O. The molecule has 0 spiro atoms. The van der Waals surface area contributed by atoms with Crippen molar-refractivity contribution in [1.82, 2.24) is 4.90 Å². The summed E-state index contributed by atoms with van der Waals surface area (Å²) in [7, 11) is 0. The van der Waals surface area contributed by atoms with E-state index in [4.69, 9.17) is 0 Å². The molecule has 1 aliphatic heterocycles. The Morgan fingerprint density at radius 2 is 1.71 bits per heavy atom. The van der Waals surface area contributed by atoms with Gasteiger partial charge in [0.05, 0.1) is 24.3 Å². The van der Waals surface area contributed by atoms with E-state index in [2.05, 4.69) is 4.74 Å². The summed E-state index contributed by atoms with van der Waals surface area (Å²) >= 11 is 0. The van der Waals surface area contributed by atoms with E-state index in [-0.39, 0.29) is 17.7 Å². The van der Waals surface area contributed by atoms with Crippen molar-refractivity contribution in [3.63, 3.8) is 0 Å². The zero-order valence-electron chi connectivity index (χ0n) is 11.3. The van der Waals surface area contributed by atoms with Gasteiger partial charge in [0.2, 0.25) is 0 Å². The predicted molar refractivity (Wildman–Crippen MR) is 68.0 cm³/mol. The molecule has 0 atom stereocenters. The summed E-state index contributed by atoms with van der Waals surface area (Å²) in [6, 6.07) is 5.90. The van der Waals surface area contributed by atoms with Crippen molar-refractivity contribution in [3.05, 3.63) is 35.4 Å². The number of hydrogen-bond acceptors (Lipinski definition) is 4. The van der Waals surface area contributed by atoms with Crippen LogP contribution in [0.1, 0.15) is 34.1 Å². The van der Waals surface area contributed by atoms with E-state index in [0.717, 1.165) is 0 Å². The van der Waals surface area contributed by atoms with Crippen LogP contribution in [0.3, 0.4) is 0 Å². The fourth-order valence-electron chi connectivity index (χ4n) is 2.09. The van der Waals surface area contributed by atoms with Crippen molar-refractivity contribution in [3.8, 4) is 0 Å². The fraction of sp³-hybridized carbons (Fsp3) is 0.357. The van der Waals surface area contributed by atoms with E-state index >= 15 is 0 Å². The van der Waals surface area contributed by atoms with Gasteiger partial charge >= 0.3 is 5.97 Å². The molecule has 0 aliphatic carbocycles. The molecule has 7 heteroatoms. The number of nitrogens with zero attached hydrogens (tertiary/aromatic N) is 1. The summed E-state index contributed by atoms with van der Waals surface area (Å²) in [5.41, 5.74) is 0.184. The molecular formula is C14H13F2NO4. The molecule has 1 heterocycles. The van der Waals surface area contributed by atoms with Crippen LogP contribution in [0.25, 0.3) is 0 Å². The first-order valence-electron chi connectivity index (χ1n) is 6.34. The van der Waals surface area contributed by atoms with Crippen molar-refractivity contribution < 1.29 is 27.9 Å². The molecule has 1 aliphatic rings. The Labute approximate surface area is 119 Å². The van der Waals surface area contributed by atoms with Gasteiger partial charge < -0.3 is 4.74 Å². The molecule has 0 saturated carbocycles. The third-order valence-corrected chi connectivity index (χ3v) is 2.98. The van der Waals surface area contributed by atoms with E-state index in [1.807, 2.05) is 0 Å². The molecule has 0 saturated heterocycles. The molecule has 0 N–H and O–H groups in total. The number of alkyl halides is 2. The van der Waals surface area contributed by atoms with Gasteiger partial charge in [0.15, 0.2) is 0 Å². The average molecular weight is 297 g/mol. The van der Waals surface area contributed by atoms with E-state index in [1.54, 1.807) is 12.1 Å². The number of carbonyl (C=O) groups excluding carboxylic acids is 3. The molecule has 0 fully saturated rings. The topological polar surface area (TPSA) is 63.7 Å². The average Bonchev–Trinajstić information content (AvgIpc) is 2.64. The van der Waals surface area contributed by atoms with Gasteiger partial charge in [0.25, 0.3) is 17.7 Å². The molecule has 0 radical (unpaired) electrons. The van der Waals surface area contributed by atoms with Gasteiger partial charge in [-0.05, 0) is 19.1 Å². The first kappa shape index (κ1) is 15.1. The molecule has 1 aromatic carbocycles. The Morgan fingerprint density at radius 3 is 2.19 bits per heavy atom. The van der Waals surface area contributed by atoms with Crippen LogP contribution in [0.2, 0.25) is 0 Å². The summed E-state index contributed by atoms with van der Waals surface area (Å²) in [5.74, 6) is -6.16. The highest BCUT2D eigenvalue weighted by Crippen LogP contribution is 2.28. The van der Waals surface area contributed by atoms with Gasteiger partial charge in [-0.2, -0.15) is 0 Å². The Balaban J connectivity index is 2.12. The highest BCUT2D eigenvalue weighted by molar-refractivity contribution is 6.21. The zero-order valence-corrected chi connectivity index (χ0v) is 11.3. The van der Waals surface area contributed by atoms with Crippen molar-refractivity contribution >= 4 is 17.8 Å². The highest BCUT2D eigenvalue weighted by atomic mass is 19.3. The van der Waals surface area contributed by atoms with Crippen LogP contribution in [-0.4, -0.2) is 41.8 Å². The minimum Gasteiger partial charge on any atom is -0.466 e. The van der Waals surface area contributed by atoms with Crippen LogP contribution in [0.5, 0.6) is 0 Å². The Bertz CT molecular complexity index is 565. The van der Waals surface area contributed by atoms with Gasteiger partial charge in [0.1, 0.15) is 6.42 Å². The maximum Gasteiger partial charge on any atom is 0.311 e. The zero-order chi connectivity index (χ0) is 15.6. The molecule has 112 valence electrons. The van der Waals surface area contributed by atoms with Gasteiger partial charge in [-0.25, -0.2) is 8.78 Å². The predicted octanol–water partition coefficient (Wildman–Crippen LogP) is 1.87. The van der Waals surface area contributed by atoms with E-state index in [1.165, 1.54) is 19.1 Å². The van der Waals surface area contributed by atoms with Crippen molar-refractivity contribution in [1.29, 1.82) is 0 Å². The number of ether oxygens (including phenoxy) is 1. The lowest BCUT2D eigenvalue weighted by molar-refractivity contribution is -0.151. The largest absolute Gasteiger partial charge is 0.466 e. The molecule has 0 bridgehead atoms. The van der Waals surface area contributed by atoms with Crippen LogP contribution in [-0.2, 0) is 9.53 Å². The molecule has 21 heavy (non-hydrogen) atoms. The molecule has 1 aromatic rings. The van der Waals surface area contributed by atoms with E-state index < -0.39 is 36.7 Å². The number of imide groups is 1. The van der Waals surface area contributed by atoms with Crippen LogP contribution in [0.15, 0.2) is 24.3 Å². The standard InChI is InChI=1S/C14H13F2NO4/c1-2-21-11(18)7-14(15,16)8-17-12(19)9-5-3-4-6-10(9)13(17)20/h3-6H,2,7-8H2,1H3. The third-order valence-electron chi connectivity index (χ3n) is 2.98. The quantitative estimate of drug-likeness (QED) is 0.615. The van der Waals surface area contributed by atoms with Crippen LogP contribution in [0.4, 0.5) is 8.78 Å². The summed E-state index contributed by atoms with van der Waals surface area (Å²) in [6.07, 6.45) is -1.17. The maximum absolute atomic E-state index is 13.8. The number of esters is 1. The van der Waals surface area contributed by atoms with E-state index in [9.17, 15) is 23.2 Å². The number of hydrogen-bond donors (Lipinski definition) is 0. The fourth-order valence-corrected chi connectivity index (χ4v) is 2.09. The van der Waals surface area contributed by atoms with Gasteiger partial charge in [-0.3, -0.25) is 19.3 Å². The number of halogens is 2. The Kier molecular flexibility index (Phi) is 4.02. The van der Waals surface area contributed by atoms with Crippen molar-refractivity contribution in [2.24, 2.45) is 0 Å². The highest BCUT2D eigenvalue weighted by Gasteiger charge is 2.43. The van der Waals surface area contributed by atoms with Crippen molar-refractivity contribution in [2.75, 3.05) is 13.2 Å². The lowest BCUT2D eigenvalue weighted by Gasteiger charge is -2.21. The van der Waals surface area contributed by atoms with Gasteiger partial charge in [-0.15, -0.1) is 0 Å². The number of carbonyl (C=O) groups is 3. The number of benzene rings is 1. The Hall–Kier alpha value is -2.31. The lowest BCUT2D eigenvalue weighted by Crippen LogP contribution is -2.41. The van der Waals surface area contributed by atoms with Crippen LogP contribution < -0.4 is 0 Å². The van der Waals surface area contributed by atoms with Crippen LogP contribution >= 0.6 is 0 Å². The number of amides is 2. The second-order valence-electron chi connectivity index (χ2n) is 4.58. The molecule has 0 aromatic heterocycles. The first-order chi connectivity index (χ1) is 9.85. The summed E-state index contributed by atoms with van der Waals surface area (Å²) in [4.78, 5) is 35.5. The minimum absolute atomic E-state index is 0.0120. The third kappa shape index (κ3) is 3.07. The smallest absolute Gasteiger partial charge is 0.311 e. The molecule has 2 rings (SSSR count). The summed E-state index contributed by atoms with van der Waals surface area (Å²) < 4.78 is 32.0. The normalized spacial score (nSPS) is 14.3.